The maximum Gasteiger partial charge on any atom is 0.305 e. The molecule has 75 heavy (non-hydrogen) atoms. The Labute approximate surface area is 468 Å². The van der Waals surface area contributed by atoms with E-state index in [1.54, 1.807) is 6.08 Å². The highest BCUT2D eigenvalue weighted by Crippen LogP contribution is 2.18. The molecule has 1 amide bonds. The minimum atomic E-state index is -0.846. The largest absolute Gasteiger partial charge is 0.466 e. The molecule has 3 N–H and O–H groups in total. The summed E-state index contributed by atoms with van der Waals surface area (Å²) in [7, 11) is 0. The van der Waals surface area contributed by atoms with Crippen LogP contribution in [-0.2, 0) is 14.3 Å². The first-order valence-corrected chi connectivity index (χ1v) is 33.8. The highest BCUT2D eigenvalue weighted by atomic mass is 16.5. The van der Waals surface area contributed by atoms with Crippen LogP contribution in [-0.4, -0.2) is 47.4 Å². The summed E-state index contributed by atoms with van der Waals surface area (Å²) in [6.45, 7) is 4.92. The van der Waals surface area contributed by atoms with Crippen LogP contribution in [0.4, 0.5) is 0 Å². The van der Waals surface area contributed by atoms with Crippen LogP contribution in [0, 0.1) is 0 Å². The smallest absolute Gasteiger partial charge is 0.305 e. The molecule has 2 atom stereocenters. The molecule has 442 valence electrons. The summed E-state index contributed by atoms with van der Waals surface area (Å²) in [6.07, 6.45) is 82.1. The molecule has 0 heterocycles. The van der Waals surface area contributed by atoms with E-state index in [9.17, 15) is 19.8 Å². The number of carbonyl (C=O) groups excluding carboxylic acids is 2. The number of unbranched alkanes of at least 4 members (excludes halogenated alkanes) is 48. The fraction of sp³-hybridized carbons (Fsp3) is 0.884. The predicted molar refractivity (Wildman–Crippen MR) is 329 cm³/mol. The van der Waals surface area contributed by atoms with Crippen molar-refractivity contribution in [2.45, 2.75) is 379 Å². The first-order chi connectivity index (χ1) is 37.0. The van der Waals surface area contributed by atoms with Gasteiger partial charge in [-0.15, -0.1) is 0 Å². The van der Waals surface area contributed by atoms with E-state index in [-0.39, 0.29) is 18.5 Å². The van der Waals surface area contributed by atoms with E-state index in [0.717, 1.165) is 44.9 Å². The fourth-order valence-electron chi connectivity index (χ4n) is 10.4. The van der Waals surface area contributed by atoms with Crippen molar-refractivity contribution in [1.82, 2.24) is 5.32 Å². The van der Waals surface area contributed by atoms with Crippen LogP contribution in [0.25, 0.3) is 0 Å². The van der Waals surface area contributed by atoms with Gasteiger partial charge in [-0.3, -0.25) is 9.59 Å². The zero-order valence-corrected chi connectivity index (χ0v) is 50.5. The number of amides is 1. The second-order valence-corrected chi connectivity index (χ2v) is 23.1. The topological polar surface area (TPSA) is 95.9 Å². The van der Waals surface area contributed by atoms with E-state index in [1.165, 1.54) is 295 Å². The average molecular weight is 1050 g/mol. The minimum Gasteiger partial charge on any atom is -0.466 e. The number of carbonyl (C=O) groups is 2. The molecule has 0 aliphatic carbocycles. The molecule has 0 rings (SSSR count). The molecule has 0 aromatic rings. The predicted octanol–water partition coefficient (Wildman–Crippen LogP) is 21.5. The number of ether oxygens (including phenoxy) is 1. The van der Waals surface area contributed by atoms with Crippen molar-refractivity contribution < 1.29 is 24.5 Å². The van der Waals surface area contributed by atoms with Crippen molar-refractivity contribution in [2.24, 2.45) is 0 Å². The molecule has 0 aliphatic heterocycles. The summed E-state index contributed by atoms with van der Waals surface area (Å²) in [5.74, 6) is -0.0611. The number of nitrogens with one attached hydrogen (secondary N) is 1. The van der Waals surface area contributed by atoms with Gasteiger partial charge in [0.25, 0.3) is 0 Å². The van der Waals surface area contributed by atoms with E-state index < -0.39 is 12.1 Å². The monoisotopic (exact) mass is 1050 g/mol. The quantitative estimate of drug-likeness (QED) is 0.0320. The second kappa shape index (κ2) is 64.6. The van der Waals surface area contributed by atoms with Crippen LogP contribution in [0.15, 0.2) is 36.5 Å². The van der Waals surface area contributed by atoms with Gasteiger partial charge in [0.15, 0.2) is 0 Å². The highest BCUT2D eigenvalue weighted by molar-refractivity contribution is 5.76. The van der Waals surface area contributed by atoms with Gasteiger partial charge in [-0.2, -0.15) is 0 Å². The molecule has 0 saturated carbocycles. The molecule has 0 bridgehead atoms. The molecule has 0 aromatic heterocycles. The van der Waals surface area contributed by atoms with Gasteiger partial charge >= 0.3 is 5.97 Å². The number of aliphatic hydroxyl groups excluding tert-OH is 2. The third-order valence-corrected chi connectivity index (χ3v) is 15.6. The Balaban J connectivity index is 3.41. The van der Waals surface area contributed by atoms with Gasteiger partial charge in [0.1, 0.15) is 0 Å². The van der Waals surface area contributed by atoms with Gasteiger partial charge in [-0.05, 0) is 83.5 Å². The lowest BCUT2D eigenvalue weighted by atomic mass is 10.0. The van der Waals surface area contributed by atoms with Crippen molar-refractivity contribution in [3.63, 3.8) is 0 Å². The van der Waals surface area contributed by atoms with Crippen LogP contribution >= 0.6 is 0 Å². The van der Waals surface area contributed by atoms with Gasteiger partial charge in [0.2, 0.25) is 5.91 Å². The van der Waals surface area contributed by atoms with E-state index in [2.05, 4.69) is 43.5 Å². The van der Waals surface area contributed by atoms with Crippen molar-refractivity contribution in [1.29, 1.82) is 0 Å². The number of esters is 1. The Morgan fingerprint density at radius 2 is 0.627 bits per heavy atom. The van der Waals surface area contributed by atoms with Crippen LogP contribution in [0.5, 0.6) is 0 Å². The Kier molecular flexibility index (Phi) is 63.0. The summed E-state index contributed by atoms with van der Waals surface area (Å²) in [5.41, 5.74) is 0. The average Bonchev–Trinajstić information content (AvgIpc) is 3.41. The summed E-state index contributed by atoms with van der Waals surface area (Å²) in [5, 5.41) is 23.2. The Hall–Kier alpha value is -1.92. The van der Waals surface area contributed by atoms with E-state index in [1.807, 2.05) is 6.08 Å². The molecule has 0 saturated heterocycles. The van der Waals surface area contributed by atoms with Gasteiger partial charge in [-0.25, -0.2) is 0 Å². The van der Waals surface area contributed by atoms with Crippen LogP contribution < -0.4 is 5.32 Å². The third-order valence-electron chi connectivity index (χ3n) is 15.6. The molecule has 0 aliphatic rings. The van der Waals surface area contributed by atoms with E-state index >= 15 is 0 Å². The Morgan fingerprint density at radius 3 is 0.947 bits per heavy atom. The summed E-state index contributed by atoms with van der Waals surface area (Å²) in [4.78, 5) is 24.6. The Bertz CT molecular complexity index is 1210. The lowest BCUT2D eigenvalue weighted by molar-refractivity contribution is -0.143. The zero-order chi connectivity index (χ0) is 54.3. The molecule has 6 nitrogen and oxygen atoms in total. The Morgan fingerprint density at radius 1 is 0.360 bits per heavy atom. The first-order valence-electron chi connectivity index (χ1n) is 33.8. The van der Waals surface area contributed by atoms with Crippen molar-refractivity contribution in [3.05, 3.63) is 36.5 Å². The lowest BCUT2D eigenvalue weighted by Crippen LogP contribution is -2.45. The van der Waals surface area contributed by atoms with Crippen LogP contribution in [0.1, 0.15) is 367 Å². The molecule has 0 fully saturated rings. The molecular formula is C69H131NO5. The maximum absolute atomic E-state index is 12.5. The summed E-state index contributed by atoms with van der Waals surface area (Å²) >= 11 is 0. The molecule has 0 aromatic carbocycles. The number of rotatable bonds is 63. The second-order valence-electron chi connectivity index (χ2n) is 23.1. The van der Waals surface area contributed by atoms with Gasteiger partial charge < -0.3 is 20.3 Å². The van der Waals surface area contributed by atoms with Crippen molar-refractivity contribution in [3.8, 4) is 0 Å². The summed E-state index contributed by atoms with van der Waals surface area (Å²) < 4.78 is 5.49. The SMILES string of the molecule is CCCCCCCCC/C=C\CCCCCCCC(=O)OCCCCCCCCCCCCCC/C=C\CCCCCCCCCCCCC(=O)NC(CO)C(O)/C=C/CCCCCCCCCCCCCCCC. The molecule has 6 heteroatoms. The summed E-state index contributed by atoms with van der Waals surface area (Å²) in [6, 6.07) is -0.630. The molecular weight excluding hydrogens is 923 g/mol. The number of aliphatic hydroxyl groups is 2. The van der Waals surface area contributed by atoms with Gasteiger partial charge in [0.05, 0.1) is 25.4 Å². The normalized spacial score (nSPS) is 12.7. The minimum absolute atomic E-state index is 0.00679. The molecule has 2 unspecified atom stereocenters. The van der Waals surface area contributed by atoms with Crippen molar-refractivity contribution >= 4 is 11.9 Å². The number of allylic oxidation sites excluding steroid dienone is 5. The van der Waals surface area contributed by atoms with Gasteiger partial charge in [-0.1, -0.05) is 307 Å². The fourth-order valence-corrected chi connectivity index (χ4v) is 10.4. The van der Waals surface area contributed by atoms with Crippen LogP contribution in [0.3, 0.4) is 0 Å². The van der Waals surface area contributed by atoms with Crippen molar-refractivity contribution in [2.75, 3.05) is 13.2 Å². The third kappa shape index (κ3) is 61.2. The maximum atomic E-state index is 12.5. The number of hydrogen-bond acceptors (Lipinski definition) is 5. The number of hydrogen-bond donors (Lipinski definition) is 3. The highest BCUT2D eigenvalue weighted by Gasteiger charge is 2.18. The lowest BCUT2D eigenvalue weighted by Gasteiger charge is -2.20. The van der Waals surface area contributed by atoms with Crippen LogP contribution in [0.2, 0.25) is 0 Å². The molecule has 0 radical (unpaired) electrons. The standard InChI is InChI=1S/C69H131NO5/c1-3-5-7-9-11-13-15-17-19-33-37-41-45-49-53-57-61-67(72)66(65-71)70-68(73)62-58-54-50-46-42-38-34-31-29-27-25-23-21-22-24-26-28-30-32-36-40-44-48-52-56-60-64-75-69(74)63-59-55-51-47-43-39-35-20-18-16-14-12-10-8-6-4-2/h20-21,23,35,57,61,66-67,71-72H,3-19,22,24-34,36-56,58-60,62-65H2,1-2H3,(H,70,73)/b23-21-,35-20-,61-57+. The van der Waals surface area contributed by atoms with E-state index in [0.29, 0.717) is 19.4 Å². The van der Waals surface area contributed by atoms with E-state index in [4.69, 9.17) is 4.74 Å². The zero-order valence-electron chi connectivity index (χ0n) is 50.5. The molecule has 0 spiro atoms. The van der Waals surface area contributed by atoms with Gasteiger partial charge in [0, 0.05) is 12.8 Å². The first kappa shape index (κ1) is 73.1.